The Morgan fingerprint density at radius 3 is 2.77 bits per heavy atom. The summed E-state index contributed by atoms with van der Waals surface area (Å²) >= 11 is 5.97. The lowest BCUT2D eigenvalue weighted by Gasteiger charge is -2.28. The van der Waals surface area contributed by atoms with Crippen molar-refractivity contribution >= 4 is 34.5 Å². The molecule has 1 aliphatic heterocycles. The van der Waals surface area contributed by atoms with Gasteiger partial charge in [-0.2, -0.15) is 0 Å². The van der Waals surface area contributed by atoms with Gasteiger partial charge in [-0.3, -0.25) is 9.59 Å². The molecule has 0 bridgehead atoms. The summed E-state index contributed by atoms with van der Waals surface area (Å²) in [5, 5.41) is 9.90. The molecule has 1 N–H and O–H groups in total. The van der Waals surface area contributed by atoms with Gasteiger partial charge in [-0.15, -0.1) is 0 Å². The summed E-state index contributed by atoms with van der Waals surface area (Å²) in [6.45, 7) is 1.57. The lowest BCUT2D eigenvalue weighted by atomic mass is 10.0. The van der Waals surface area contributed by atoms with Crippen LogP contribution >= 0.6 is 11.6 Å². The molecule has 0 atom stereocenters. The molecule has 31 heavy (non-hydrogen) atoms. The number of pyridine rings is 1. The fourth-order valence-corrected chi connectivity index (χ4v) is 4.38. The average Bonchev–Trinajstić information content (AvgIpc) is 3.07. The van der Waals surface area contributed by atoms with Gasteiger partial charge >= 0.3 is 5.97 Å². The van der Waals surface area contributed by atoms with Gasteiger partial charge in [-0.05, 0) is 54.7 Å². The van der Waals surface area contributed by atoms with Crippen molar-refractivity contribution in [1.82, 2.24) is 14.5 Å². The van der Waals surface area contributed by atoms with Gasteiger partial charge in [-0.25, -0.2) is 9.37 Å². The molecule has 0 radical (unpaired) electrons. The standard InChI is InChI=1S/C23H23ClFN3O3/c24-18-12-15(7-8-19(18)25)13-28-20-14-27(21(29)5-1-2-6-22(30)31)11-9-16(20)17-4-3-10-26-23(17)28/h3-4,7-8,10,12H,1-2,5-6,9,11,13-14H2,(H,30,31). The number of rotatable bonds is 7. The fraction of sp³-hybridized carbons (Fsp3) is 0.348. The second-order valence-electron chi connectivity index (χ2n) is 7.80. The molecule has 0 saturated heterocycles. The maximum Gasteiger partial charge on any atom is 0.303 e. The number of hydrogen-bond donors (Lipinski definition) is 1. The number of benzene rings is 1. The van der Waals surface area contributed by atoms with E-state index >= 15 is 0 Å². The smallest absolute Gasteiger partial charge is 0.303 e. The molecule has 0 aliphatic carbocycles. The maximum atomic E-state index is 13.6. The minimum Gasteiger partial charge on any atom is -0.481 e. The summed E-state index contributed by atoms with van der Waals surface area (Å²) in [5.41, 5.74) is 3.91. The fourth-order valence-electron chi connectivity index (χ4n) is 4.17. The zero-order valence-electron chi connectivity index (χ0n) is 17.0. The minimum atomic E-state index is -0.840. The predicted molar refractivity (Wildman–Crippen MR) is 115 cm³/mol. The first-order valence-corrected chi connectivity index (χ1v) is 10.7. The number of carbonyl (C=O) groups excluding carboxylic acids is 1. The SMILES string of the molecule is O=C(O)CCCCC(=O)N1CCc2c(n(Cc3ccc(F)c(Cl)c3)c3ncccc23)C1. The predicted octanol–water partition coefficient (Wildman–Crippen LogP) is 4.41. The van der Waals surface area contributed by atoms with Gasteiger partial charge in [0.15, 0.2) is 0 Å². The van der Waals surface area contributed by atoms with Gasteiger partial charge in [-0.1, -0.05) is 17.7 Å². The van der Waals surface area contributed by atoms with Gasteiger partial charge in [0.05, 0.1) is 11.6 Å². The summed E-state index contributed by atoms with van der Waals surface area (Å²) in [6.07, 6.45) is 3.96. The Morgan fingerprint density at radius 1 is 1.19 bits per heavy atom. The first-order chi connectivity index (χ1) is 14.9. The van der Waals surface area contributed by atoms with Gasteiger partial charge in [0.1, 0.15) is 11.5 Å². The van der Waals surface area contributed by atoms with Crippen LogP contribution in [0, 0.1) is 5.82 Å². The zero-order chi connectivity index (χ0) is 22.0. The largest absolute Gasteiger partial charge is 0.481 e. The van der Waals surface area contributed by atoms with E-state index in [4.69, 9.17) is 16.7 Å². The Balaban J connectivity index is 1.59. The number of amides is 1. The molecule has 162 valence electrons. The molecule has 1 aromatic carbocycles. The van der Waals surface area contributed by atoms with E-state index in [0.29, 0.717) is 38.9 Å². The number of aromatic nitrogens is 2. The van der Waals surface area contributed by atoms with Crippen LogP contribution in [0.15, 0.2) is 36.5 Å². The van der Waals surface area contributed by atoms with Crippen molar-refractivity contribution in [3.63, 3.8) is 0 Å². The molecule has 3 aromatic rings. The number of halogens is 2. The highest BCUT2D eigenvalue weighted by Crippen LogP contribution is 2.31. The van der Waals surface area contributed by atoms with Crippen LogP contribution in [0.5, 0.6) is 0 Å². The first kappa shape index (κ1) is 21.3. The lowest BCUT2D eigenvalue weighted by Crippen LogP contribution is -2.36. The van der Waals surface area contributed by atoms with Crippen molar-refractivity contribution < 1.29 is 19.1 Å². The quantitative estimate of drug-likeness (QED) is 0.549. The van der Waals surface area contributed by atoms with Crippen molar-refractivity contribution in [2.45, 2.75) is 45.2 Å². The second-order valence-corrected chi connectivity index (χ2v) is 8.21. The normalized spacial score (nSPS) is 13.4. The highest BCUT2D eigenvalue weighted by atomic mass is 35.5. The van der Waals surface area contributed by atoms with Gasteiger partial charge in [0.25, 0.3) is 0 Å². The number of carbonyl (C=O) groups is 2. The molecule has 6 nitrogen and oxygen atoms in total. The van der Waals surface area contributed by atoms with Crippen LogP contribution in [0.25, 0.3) is 11.0 Å². The van der Waals surface area contributed by atoms with Crippen LogP contribution in [0.4, 0.5) is 4.39 Å². The molecule has 3 heterocycles. The summed E-state index contributed by atoms with van der Waals surface area (Å²) in [6, 6.07) is 8.62. The Hall–Kier alpha value is -2.93. The van der Waals surface area contributed by atoms with E-state index in [0.717, 1.165) is 28.7 Å². The molecular formula is C23H23ClFN3O3. The summed E-state index contributed by atoms with van der Waals surface area (Å²) in [4.78, 5) is 29.8. The van der Waals surface area contributed by atoms with E-state index in [9.17, 15) is 14.0 Å². The Kier molecular flexibility index (Phi) is 6.23. The van der Waals surface area contributed by atoms with Crippen LogP contribution in [-0.4, -0.2) is 38.0 Å². The van der Waals surface area contributed by atoms with Crippen molar-refractivity contribution in [3.8, 4) is 0 Å². The summed E-state index contributed by atoms with van der Waals surface area (Å²) in [7, 11) is 0. The van der Waals surface area contributed by atoms with Crippen LogP contribution in [0.2, 0.25) is 5.02 Å². The van der Waals surface area contributed by atoms with Crippen molar-refractivity contribution in [3.05, 3.63) is 64.2 Å². The number of carboxylic acid groups (broad SMARTS) is 1. The maximum absolute atomic E-state index is 13.6. The number of unbranched alkanes of at least 4 members (excludes halogenated alkanes) is 1. The molecule has 0 spiro atoms. The number of carboxylic acids is 1. The van der Waals surface area contributed by atoms with Crippen molar-refractivity contribution in [2.24, 2.45) is 0 Å². The number of nitrogens with zero attached hydrogens (tertiary/aromatic N) is 3. The molecule has 1 amide bonds. The molecular weight excluding hydrogens is 421 g/mol. The van der Waals surface area contributed by atoms with E-state index in [-0.39, 0.29) is 17.4 Å². The molecule has 0 unspecified atom stereocenters. The Labute approximate surface area is 184 Å². The van der Waals surface area contributed by atoms with Gasteiger partial charge in [0, 0.05) is 43.2 Å². The molecule has 0 saturated carbocycles. The van der Waals surface area contributed by atoms with E-state index in [1.807, 2.05) is 17.0 Å². The molecule has 8 heteroatoms. The number of hydrogen-bond acceptors (Lipinski definition) is 3. The van der Waals surface area contributed by atoms with Crippen LogP contribution in [0.3, 0.4) is 0 Å². The second kappa shape index (κ2) is 9.06. The first-order valence-electron chi connectivity index (χ1n) is 10.3. The lowest BCUT2D eigenvalue weighted by molar-refractivity contribution is -0.137. The number of fused-ring (bicyclic) bond motifs is 3. The van der Waals surface area contributed by atoms with E-state index in [1.54, 1.807) is 18.3 Å². The third-order valence-electron chi connectivity index (χ3n) is 5.72. The summed E-state index contributed by atoms with van der Waals surface area (Å²) < 4.78 is 15.7. The van der Waals surface area contributed by atoms with E-state index < -0.39 is 11.8 Å². The Morgan fingerprint density at radius 2 is 2.00 bits per heavy atom. The number of aliphatic carboxylic acids is 1. The summed E-state index contributed by atoms with van der Waals surface area (Å²) in [5.74, 6) is -1.26. The molecule has 2 aromatic heterocycles. The highest BCUT2D eigenvalue weighted by Gasteiger charge is 2.27. The van der Waals surface area contributed by atoms with Crippen LogP contribution in [0.1, 0.15) is 42.5 Å². The molecule has 1 aliphatic rings. The average molecular weight is 444 g/mol. The minimum absolute atomic E-state index is 0.0330. The molecule has 0 fully saturated rings. The highest BCUT2D eigenvalue weighted by molar-refractivity contribution is 6.30. The van der Waals surface area contributed by atoms with Crippen LogP contribution in [-0.2, 0) is 29.1 Å². The third-order valence-corrected chi connectivity index (χ3v) is 6.01. The third kappa shape index (κ3) is 4.56. The van der Waals surface area contributed by atoms with Crippen LogP contribution < -0.4 is 0 Å². The Bertz CT molecular complexity index is 1140. The van der Waals surface area contributed by atoms with Crippen molar-refractivity contribution in [2.75, 3.05) is 6.54 Å². The topological polar surface area (TPSA) is 75.4 Å². The van der Waals surface area contributed by atoms with Gasteiger partial charge < -0.3 is 14.6 Å². The monoisotopic (exact) mass is 443 g/mol. The molecule has 4 rings (SSSR count). The van der Waals surface area contributed by atoms with E-state index in [2.05, 4.69) is 9.55 Å². The zero-order valence-corrected chi connectivity index (χ0v) is 17.7. The van der Waals surface area contributed by atoms with E-state index in [1.165, 1.54) is 11.6 Å². The van der Waals surface area contributed by atoms with Crippen molar-refractivity contribution in [1.29, 1.82) is 0 Å². The van der Waals surface area contributed by atoms with Gasteiger partial charge in [0.2, 0.25) is 5.91 Å².